The van der Waals surface area contributed by atoms with Crippen LogP contribution in [0, 0.1) is 0 Å². The smallest absolute Gasteiger partial charge is 0.231 e. The van der Waals surface area contributed by atoms with E-state index in [4.69, 9.17) is 9.47 Å². The molecule has 1 aliphatic heterocycles. The van der Waals surface area contributed by atoms with Gasteiger partial charge in [0.05, 0.1) is 6.26 Å². The van der Waals surface area contributed by atoms with Crippen LogP contribution in [-0.4, -0.2) is 65.0 Å². The van der Waals surface area contributed by atoms with Gasteiger partial charge in [-0.3, -0.25) is 4.99 Å². The molecular weight excluding hydrogens is 356 g/mol. The summed E-state index contributed by atoms with van der Waals surface area (Å²) in [4.78, 5) is 4.18. The zero-order valence-electron chi connectivity index (χ0n) is 15.6. The first-order chi connectivity index (χ1) is 12.4. The van der Waals surface area contributed by atoms with Gasteiger partial charge in [-0.2, -0.15) is 0 Å². The molecule has 2 N–H and O–H groups in total. The second kappa shape index (κ2) is 9.63. The van der Waals surface area contributed by atoms with Gasteiger partial charge in [0.2, 0.25) is 16.8 Å². The van der Waals surface area contributed by atoms with Crippen molar-refractivity contribution >= 4 is 16.0 Å². The molecule has 9 heteroatoms. The van der Waals surface area contributed by atoms with Crippen LogP contribution in [0.25, 0.3) is 0 Å². The Kier molecular flexibility index (Phi) is 7.52. The van der Waals surface area contributed by atoms with E-state index >= 15 is 0 Å². The number of ether oxygens (including phenoxy) is 2. The van der Waals surface area contributed by atoms with Crippen molar-refractivity contribution in [1.82, 2.24) is 14.9 Å². The van der Waals surface area contributed by atoms with E-state index in [1.165, 1.54) is 10.6 Å². The van der Waals surface area contributed by atoms with E-state index in [2.05, 4.69) is 15.6 Å². The molecule has 0 fully saturated rings. The standard InChI is InChI=1S/C17H28N4O4S/c1-4-21(26(3,22)23)11-5-9-19-17(18-2)20-10-8-14-6-7-15-16(12-14)25-13-24-15/h6-7,12H,4-5,8-11,13H2,1-3H3,(H2,18,19,20). The molecule has 8 nitrogen and oxygen atoms in total. The van der Waals surface area contributed by atoms with Gasteiger partial charge in [0, 0.05) is 33.2 Å². The van der Waals surface area contributed by atoms with Crippen LogP contribution in [0.15, 0.2) is 23.2 Å². The molecule has 1 aromatic rings. The minimum Gasteiger partial charge on any atom is -0.454 e. The highest BCUT2D eigenvalue weighted by Crippen LogP contribution is 2.32. The molecule has 2 rings (SSSR count). The lowest BCUT2D eigenvalue weighted by molar-refractivity contribution is 0.174. The summed E-state index contributed by atoms with van der Waals surface area (Å²) in [6.45, 7) is 4.48. The average Bonchev–Trinajstić information content (AvgIpc) is 3.06. The number of rotatable bonds is 9. The van der Waals surface area contributed by atoms with E-state index in [-0.39, 0.29) is 6.79 Å². The van der Waals surface area contributed by atoms with Gasteiger partial charge in [-0.25, -0.2) is 12.7 Å². The minimum atomic E-state index is -3.13. The van der Waals surface area contributed by atoms with Crippen LogP contribution in [0.5, 0.6) is 11.5 Å². The highest BCUT2D eigenvalue weighted by molar-refractivity contribution is 7.88. The number of benzene rings is 1. The average molecular weight is 385 g/mol. The van der Waals surface area contributed by atoms with Gasteiger partial charge in [0.1, 0.15) is 0 Å². The highest BCUT2D eigenvalue weighted by Gasteiger charge is 2.14. The Labute approximate surface area is 155 Å². The molecule has 0 unspecified atom stereocenters. The maximum Gasteiger partial charge on any atom is 0.231 e. The predicted octanol–water partition coefficient (Wildman–Crippen LogP) is 0.794. The van der Waals surface area contributed by atoms with Gasteiger partial charge in [-0.1, -0.05) is 13.0 Å². The summed E-state index contributed by atoms with van der Waals surface area (Å²) in [6.07, 6.45) is 2.78. The fourth-order valence-electron chi connectivity index (χ4n) is 2.66. The number of sulfonamides is 1. The van der Waals surface area contributed by atoms with Gasteiger partial charge < -0.3 is 20.1 Å². The molecule has 0 aliphatic carbocycles. The Bertz CT molecular complexity index is 721. The Morgan fingerprint density at radius 3 is 2.65 bits per heavy atom. The van der Waals surface area contributed by atoms with Crippen LogP contribution in [-0.2, 0) is 16.4 Å². The van der Waals surface area contributed by atoms with Crippen LogP contribution < -0.4 is 20.1 Å². The summed E-state index contributed by atoms with van der Waals surface area (Å²) in [5.74, 6) is 2.28. The Balaban J connectivity index is 1.68. The summed E-state index contributed by atoms with van der Waals surface area (Å²) < 4.78 is 35.2. The van der Waals surface area contributed by atoms with Crippen LogP contribution in [0.2, 0.25) is 0 Å². The molecule has 0 atom stereocenters. The lowest BCUT2D eigenvalue weighted by Crippen LogP contribution is -2.40. The molecule has 146 valence electrons. The molecule has 0 spiro atoms. The van der Waals surface area contributed by atoms with E-state index in [0.717, 1.165) is 30.0 Å². The molecule has 1 aromatic carbocycles. The van der Waals surface area contributed by atoms with Crippen molar-refractivity contribution in [1.29, 1.82) is 0 Å². The lowest BCUT2D eigenvalue weighted by atomic mass is 10.1. The van der Waals surface area contributed by atoms with Crippen LogP contribution in [0.1, 0.15) is 18.9 Å². The van der Waals surface area contributed by atoms with Crippen molar-refractivity contribution in [2.75, 3.05) is 46.3 Å². The summed E-state index contributed by atoms with van der Waals surface area (Å²) in [6, 6.07) is 5.94. The molecule has 0 aromatic heterocycles. The largest absolute Gasteiger partial charge is 0.454 e. The fourth-order valence-corrected chi connectivity index (χ4v) is 3.59. The quantitative estimate of drug-likeness (QED) is 0.372. The molecule has 0 radical (unpaired) electrons. The van der Waals surface area contributed by atoms with Gasteiger partial charge in [-0.05, 0) is 30.5 Å². The topological polar surface area (TPSA) is 92.3 Å². The van der Waals surface area contributed by atoms with Crippen molar-refractivity contribution < 1.29 is 17.9 Å². The van der Waals surface area contributed by atoms with Crippen molar-refractivity contribution in [3.05, 3.63) is 23.8 Å². The van der Waals surface area contributed by atoms with Gasteiger partial charge in [0.25, 0.3) is 0 Å². The second-order valence-corrected chi connectivity index (χ2v) is 7.95. The molecule has 0 saturated heterocycles. The molecule has 0 bridgehead atoms. The number of fused-ring (bicyclic) bond motifs is 1. The van der Waals surface area contributed by atoms with Gasteiger partial charge >= 0.3 is 0 Å². The van der Waals surface area contributed by atoms with Crippen LogP contribution in [0.3, 0.4) is 0 Å². The normalized spacial score (nSPS) is 13.9. The third-order valence-corrected chi connectivity index (χ3v) is 5.44. The maximum absolute atomic E-state index is 11.5. The zero-order chi connectivity index (χ0) is 19.0. The van der Waals surface area contributed by atoms with Crippen molar-refractivity contribution in [3.63, 3.8) is 0 Å². The fraction of sp³-hybridized carbons (Fsp3) is 0.588. The Hall–Kier alpha value is -2.00. The molecule has 1 heterocycles. The number of aliphatic imine (C=N–C) groups is 1. The second-order valence-electron chi connectivity index (χ2n) is 5.97. The monoisotopic (exact) mass is 384 g/mol. The third-order valence-electron chi connectivity index (χ3n) is 4.07. The molecular formula is C17H28N4O4S. The third kappa shape index (κ3) is 6.06. The number of hydrogen-bond donors (Lipinski definition) is 2. The van der Waals surface area contributed by atoms with Crippen LogP contribution >= 0.6 is 0 Å². The Morgan fingerprint density at radius 1 is 1.23 bits per heavy atom. The molecule has 0 saturated carbocycles. The van der Waals surface area contributed by atoms with Crippen LogP contribution in [0.4, 0.5) is 0 Å². The van der Waals surface area contributed by atoms with E-state index in [0.29, 0.717) is 32.0 Å². The number of guanidine groups is 1. The zero-order valence-corrected chi connectivity index (χ0v) is 16.4. The summed E-state index contributed by atoms with van der Waals surface area (Å²) in [7, 11) is -1.42. The van der Waals surface area contributed by atoms with E-state index in [1.807, 2.05) is 25.1 Å². The highest BCUT2D eigenvalue weighted by atomic mass is 32.2. The summed E-state index contributed by atoms with van der Waals surface area (Å²) in [5.41, 5.74) is 1.16. The van der Waals surface area contributed by atoms with E-state index in [1.54, 1.807) is 7.05 Å². The van der Waals surface area contributed by atoms with Crippen molar-refractivity contribution in [2.45, 2.75) is 19.8 Å². The van der Waals surface area contributed by atoms with Crippen molar-refractivity contribution in [3.8, 4) is 11.5 Å². The predicted molar refractivity (Wildman–Crippen MR) is 102 cm³/mol. The first-order valence-corrected chi connectivity index (χ1v) is 10.6. The van der Waals surface area contributed by atoms with Gasteiger partial charge in [-0.15, -0.1) is 0 Å². The van der Waals surface area contributed by atoms with Gasteiger partial charge in [0.15, 0.2) is 17.5 Å². The SMILES string of the molecule is CCN(CCCNC(=NC)NCCc1ccc2c(c1)OCO2)S(C)(=O)=O. The van der Waals surface area contributed by atoms with E-state index < -0.39 is 10.0 Å². The first-order valence-electron chi connectivity index (χ1n) is 8.72. The first kappa shape index (κ1) is 20.3. The summed E-state index contributed by atoms with van der Waals surface area (Å²) >= 11 is 0. The molecule has 1 aliphatic rings. The summed E-state index contributed by atoms with van der Waals surface area (Å²) in [5, 5.41) is 6.45. The number of nitrogens with zero attached hydrogens (tertiary/aromatic N) is 2. The van der Waals surface area contributed by atoms with E-state index in [9.17, 15) is 8.42 Å². The lowest BCUT2D eigenvalue weighted by Gasteiger charge is -2.18. The molecule has 26 heavy (non-hydrogen) atoms. The Morgan fingerprint density at radius 2 is 1.96 bits per heavy atom. The maximum atomic E-state index is 11.5. The number of nitrogens with one attached hydrogen (secondary N) is 2. The number of hydrogen-bond acceptors (Lipinski definition) is 5. The van der Waals surface area contributed by atoms with Crippen molar-refractivity contribution in [2.24, 2.45) is 4.99 Å². The molecule has 0 amide bonds. The minimum absolute atomic E-state index is 0.280.